The van der Waals surface area contributed by atoms with Crippen LogP contribution in [0, 0.1) is 18.8 Å². The molecule has 116 valence electrons. The molecule has 8 heteroatoms. The normalized spacial score (nSPS) is 10.9. The first-order chi connectivity index (χ1) is 9.83. The van der Waals surface area contributed by atoms with Crippen LogP contribution >= 0.6 is 11.3 Å². The number of rotatable bonds is 5. The van der Waals surface area contributed by atoms with Crippen LogP contribution in [-0.2, 0) is 4.74 Å². The fraction of sp³-hybridized carbons (Fsp3) is 0.462. The Labute approximate surface area is 124 Å². The Kier molecular flexibility index (Phi) is 6.68. The molecule has 0 fully saturated rings. The number of alkyl halides is 3. The van der Waals surface area contributed by atoms with Crippen molar-refractivity contribution in [1.82, 2.24) is 5.32 Å². The van der Waals surface area contributed by atoms with Crippen LogP contribution in [0.2, 0.25) is 0 Å². The molecule has 1 rings (SSSR count). The number of thiophene rings is 1. The van der Waals surface area contributed by atoms with Crippen molar-refractivity contribution in [2.24, 2.45) is 5.73 Å². The zero-order valence-corrected chi connectivity index (χ0v) is 12.2. The van der Waals surface area contributed by atoms with E-state index in [0.717, 1.165) is 10.4 Å². The number of carbonyl (C=O) groups excluding carboxylic acids is 1. The van der Waals surface area contributed by atoms with Gasteiger partial charge in [0.15, 0.2) is 0 Å². The molecule has 1 heterocycles. The molecule has 0 unspecified atom stereocenters. The average molecular weight is 320 g/mol. The van der Waals surface area contributed by atoms with E-state index in [1.165, 1.54) is 11.3 Å². The molecule has 4 nitrogen and oxygen atoms in total. The molecule has 3 N–H and O–H groups in total. The summed E-state index contributed by atoms with van der Waals surface area (Å²) in [6, 6.07) is 1.68. The highest BCUT2D eigenvalue weighted by Crippen LogP contribution is 2.20. The Hall–Kier alpha value is -1.56. The van der Waals surface area contributed by atoms with E-state index in [1.54, 1.807) is 6.07 Å². The van der Waals surface area contributed by atoms with Crippen molar-refractivity contribution < 1.29 is 22.7 Å². The summed E-state index contributed by atoms with van der Waals surface area (Å²) >= 11 is 1.21. The van der Waals surface area contributed by atoms with E-state index in [2.05, 4.69) is 21.9 Å². The van der Waals surface area contributed by atoms with Crippen LogP contribution in [-0.4, -0.2) is 38.4 Å². The summed E-state index contributed by atoms with van der Waals surface area (Å²) in [6.45, 7) is 0.542. The third kappa shape index (κ3) is 6.62. The van der Waals surface area contributed by atoms with Gasteiger partial charge in [0.1, 0.15) is 6.61 Å². The molecule has 0 aliphatic rings. The van der Waals surface area contributed by atoms with Crippen LogP contribution in [0.15, 0.2) is 6.07 Å². The molecule has 1 aromatic rings. The minimum atomic E-state index is -4.36. The van der Waals surface area contributed by atoms with Crippen molar-refractivity contribution in [3.05, 3.63) is 21.4 Å². The maximum absolute atomic E-state index is 11.8. The van der Waals surface area contributed by atoms with E-state index in [0.29, 0.717) is 4.88 Å². The molecule has 0 saturated carbocycles. The zero-order chi connectivity index (χ0) is 15.9. The van der Waals surface area contributed by atoms with Crippen LogP contribution < -0.4 is 11.1 Å². The van der Waals surface area contributed by atoms with Gasteiger partial charge < -0.3 is 15.8 Å². The summed E-state index contributed by atoms with van der Waals surface area (Å²) in [7, 11) is 0. The minimum absolute atomic E-state index is 0.00960. The highest BCUT2D eigenvalue weighted by molar-refractivity contribution is 7.14. The number of carbonyl (C=O) groups is 1. The van der Waals surface area contributed by atoms with Gasteiger partial charge in [-0.2, -0.15) is 13.2 Å². The van der Waals surface area contributed by atoms with Gasteiger partial charge in [-0.15, -0.1) is 11.3 Å². The van der Waals surface area contributed by atoms with E-state index < -0.39 is 12.8 Å². The molecule has 0 atom stereocenters. The number of halogens is 3. The lowest BCUT2D eigenvalue weighted by Gasteiger charge is -2.07. The van der Waals surface area contributed by atoms with Crippen molar-refractivity contribution in [3.63, 3.8) is 0 Å². The van der Waals surface area contributed by atoms with Crippen LogP contribution in [0.4, 0.5) is 13.2 Å². The number of aryl methyl sites for hydroxylation is 1. The molecule has 1 aromatic heterocycles. The summed E-state index contributed by atoms with van der Waals surface area (Å²) in [4.78, 5) is 13.0. The predicted octanol–water partition coefficient (Wildman–Crippen LogP) is 1.68. The largest absolute Gasteiger partial charge is 0.411 e. The molecular formula is C13H15F3N2O2S. The first kappa shape index (κ1) is 17.5. The summed E-state index contributed by atoms with van der Waals surface area (Å²) in [6.07, 6.45) is -4.36. The number of nitrogens with one attached hydrogen (secondary N) is 1. The van der Waals surface area contributed by atoms with Crippen LogP contribution in [0.1, 0.15) is 20.1 Å². The number of ether oxygens (including phenoxy) is 1. The predicted molar refractivity (Wildman–Crippen MR) is 74.2 cm³/mol. The fourth-order valence-electron chi connectivity index (χ4n) is 1.36. The molecule has 21 heavy (non-hydrogen) atoms. The second-order valence-corrected chi connectivity index (χ2v) is 5.10. The Morgan fingerprint density at radius 1 is 1.52 bits per heavy atom. The third-order valence-electron chi connectivity index (χ3n) is 2.24. The Morgan fingerprint density at radius 3 is 2.86 bits per heavy atom. The maximum Gasteiger partial charge on any atom is 0.411 e. The van der Waals surface area contributed by atoms with Gasteiger partial charge in [-0.1, -0.05) is 11.8 Å². The van der Waals surface area contributed by atoms with Gasteiger partial charge in [0.2, 0.25) is 0 Å². The Morgan fingerprint density at radius 2 is 2.24 bits per heavy atom. The molecule has 0 bridgehead atoms. The van der Waals surface area contributed by atoms with Crippen molar-refractivity contribution in [2.75, 3.05) is 26.3 Å². The van der Waals surface area contributed by atoms with E-state index in [1.807, 2.05) is 6.92 Å². The monoisotopic (exact) mass is 320 g/mol. The van der Waals surface area contributed by atoms with Crippen LogP contribution in [0.3, 0.4) is 0 Å². The van der Waals surface area contributed by atoms with Gasteiger partial charge in [0.05, 0.1) is 22.9 Å². The fourth-order valence-corrected chi connectivity index (χ4v) is 2.32. The van der Waals surface area contributed by atoms with Gasteiger partial charge >= 0.3 is 6.18 Å². The van der Waals surface area contributed by atoms with Crippen LogP contribution in [0.25, 0.3) is 0 Å². The standard InChI is InChI=1S/C13H15F3N2O2S/c1-9-7-11(21-10(9)3-2-4-17)12(19)18-5-6-20-8-13(14,15)16/h7H,4-6,8,17H2,1H3,(H,18,19). The van der Waals surface area contributed by atoms with Gasteiger partial charge in [-0.25, -0.2) is 0 Å². The molecule has 0 radical (unpaired) electrons. The Bertz CT molecular complexity index is 544. The lowest BCUT2D eigenvalue weighted by Crippen LogP contribution is -2.28. The van der Waals surface area contributed by atoms with Crippen molar-refractivity contribution in [2.45, 2.75) is 13.1 Å². The first-order valence-corrected chi connectivity index (χ1v) is 6.87. The van der Waals surface area contributed by atoms with E-state index >= 15 is 0 Å². The van der Waals surface area contributed by atoms with E-state index in [-0.39, 0.29) is 25.6 Å². The van der Waals surface area contributed by atoms with Crippen molar-refractivity contribution >= 4 is 17.2 Å². The SMILES string of the molecule is Cc1cc(C(=O)NCCOCC(F)(F)F)sc1C#CCN. The molecule has 0 saturated heterocycles. The number of hydrogen-bond donors (Lipinski definition) is 2. The molecule has 0 spiro atoms. The van der Waals surface area contributed by atoms with Gasteiger partial charge in [-0.05, 0) is 18.6 Å². The lowest BCUT2D eigenvalue weighted by molar-refractivity contribution is -0.173. The molecule has 1 amide bonds. The third-order valence-corrected chi connectivity index (χ3v) is 3.39. The minimum Gasteiger partial charge on any atom is -0.370 e. The van der Waals surface area contributed by atoms with Gasteiger partial charge in [-0.3, -0.25) is 4.79 Å². The number of nitrogens with two attached hydrogens (primary N) is 1. The second-order valence-electron chi connectivity index (χ2n) is 4.05. The van der Waals surface area contributed by atoms with E-state index in [9.17, 15) is 18.0 Å². The molecule has 0 aliphatic heterocycles. The number of hydrogen-bond acceptors (Lipinski definition) is 4. The molecule has 0 aromatic carbocycles. The highest BCUT2D eigenvalue weighted by Gasteiger charge is 2.27. The first-order valence-electron chi connectivity index (χ1n) is 6.05. The molecule has 0 aliphatic carbocycles. The summed E-state index contributed by atoms with van der Waals surface area (Å²) in [5.74, 6) is 5.19. The number of amides is 1. The summed E-state index contributed by atoms with van der Waals surface area (Å²) in [5.41, 5.74) is 6.14. The van der Waals surface area contributed by atoms with Gasteiger partial charge in [0, 0.05) is 6.54 Å². The van der Waals surface area contributed by atoms with Crippen LogP contribution in [0.5, 0.6) is 0 Å². The lowest BCUT2D eigenvalue weighted by atomic mass is 10.2. The highest BCUT2D eigenvalue weighted by atomic mass is 32.1. The smallest absolute Gasteiger partial charge is 0.370 e. The average Bonchev–Trinajstić information content (AvgIpc) is 2.76. The van der Waals surface area contributed by atoms with Crippen molar-refractivity contribution in [1.29, 1.82) is 0 Å². The second kappa shape index (κ2) is 8.02. The zero-order valence-electron chi connectivity index (χ0n) is 11.3. The van der Waals surface area contributed by atoms with Gasteiger partial charge in [0.25, 0.3) is 5.91 Å². The quantitative estimate of drug-likeness (QED) is 0.641. The van der Waals surface area contributed by atoms with Crippen molar-refractivity contribution in [3.8, 4) is 11.8 Å². The Balaban J connectivity index is 2.42. The molecular weight excluding hydrogens is 305 g/mol. The maximum atomic E-state index is 11.8. The summed E-state index contributed by atoms with van der Waals surface area (Å²) < 4.78 is 39.9. The van der Waals surface area contributed by atoms with E-state index in [4.69, 9.17) is 5.73 Å². The summed E-state index contributed by atoms with van der Waals surface area (Å²) in [5, 5.41) is 2.49. The topological polar surface area (TPSA) is 64.3 Å².